The first-order valence-electron chi connectivity index (χ1n) is 12.6. The Morgan fingerprint density at radius 2 is 1.83 bits per heavy atom. The fraction of sp³-hybridized carbons (Fsp3) is 0.481. The molecule has 3 heterocycles. The molecule has 1 N–H and O–H groups in total. The van der Waals surface area contributed by atoms with E-state index in [1.165, 1.54) is 4.57 Å². The lowest BCUT2D eigenvalue weighted by molar-refractivity contribution is -0.134. The molecule has 0 spiro atoms. The topological polar surface area (TPSA) is 83.4 Å². The number of amides is 1. The van der Waals surface area contributed by atoms with Gasteiger partial charge in [0.1, 0.15) is 5.65 Å². The molecule has 1 aliphatic heterocycles. The maximum absolute atomic E-state index is 14.7. The van der Waals surface area contributed by atoms with Crippen molar-refractivity contribution in [2.75, 3.05) is 29.9 Å². The summed E-state index contributed by atoms with van der Waals surface area (Å²) in [7, 11) is 0. The monoisotopic (exact) mass is 492 g/mol. The number of fused-ring (bicyclic) bond motifs is 1. The lowest BCUT2D eigenvalue weighted by Gasteiger charge is -2.47. The third-order valence-corrected chi connectivity index (χ3v) is 7.60. The van der Waals surface area contributed by atoms with E-state index in [9.17, 15) is 14.0 Å². The van der Waals surface area contributed by atoms with Gasteiger partial charge in [0.2, 0.25) is 11.9 Å². The summed E-state index contributed by atoms with van der Waals surface area (Å²) in [6.45, 7) is 9.62. The Labute approximate surface area is 210 Å². The molecule has 36 heavy (non-hydrogen) atoms. The molecule has 0 unspecified atom stereocenters. The van der Waals surface area contributed by atoms with Gasteiger partial charge in [0, 0.05) is 61.1 Å². The fourth-order valence-corrected chi connectivity index (χ4v) is 5.71. The van der Waals surface area contributed by atoms with Crippen LogP contribution in [0.25, 0.3) is 11.0 Å². The number of aryl methyl sites for hydroxylation is 1. The second kappa shape index (κ2) is 9.19. The Morgan fingerprint density at radius 1 is 1.14 bits per heavy atom. The molecular weight excluding hydrogens is 459 g/mol. The van der Waals surface area contributed by atoms with Crippen LogP contribution in [0.15, 0.2) is 35.3 Å². The minimum Gasteiger partial charge on any atom is -0.367 e. The maximum atomic E-state index is 14.7. The Bertz CT molecular complexity index is 1360. The molecule has 1 aromatic carbocycles. The van der Waals surface area contributed by atoms with Crippen LogP contribution in [0.4, 0.5) is 21.7 Å². The van der Waals surface area contributed by atoms with E-state index in [0.717, 1.165) is 50.1 Å². The summed E-state index contributed by atoms with van der Waals surface area (Å²) in [5.41, 5.74) is 1.81. The summed E-state index contributed by atoms with van der Waals surface area (Å²) in [6.07, 6.45) is 5.35. The quantitative estimate of drug-likeness (QED) is 0.576. The van der Waals surface area contributed by atoms with Crippen molar-refractivity contribution in [1.29, 1.82) is 0 Å². The molecule has 1 saturated carbocycles. The molecular formula is C27H33FN6O2. The Hall–Kier alpha value is -3.49. The molecule has 2 fully saturated rings. The van der Waals surface area contributed by atoms with Gasteiger partial charge in [0.15, 0.2) is 5.82 Å². The number of rotatable bonds is 4. The van der Waals surface area contributed by atoms with Crippen LogP contribution in [0.1, 0.15) is 58.1 Å². The van der Waals surface area contributed by atoms with Gasteiger partial charge in [-0.3, -0.25) is 14.2 Å². The first-order valence-corrected chi connectivity index (χ1v) is 12.6. The zero-order chi connectivity index (χ0) is 25.6. The normalized spacial score (nSPS) is 18.1. The van der Waals surface area contributed by atoms with Gasteiger partial charge < -0.3 is 15.1 Å². The zero-order valence-corrected chi connectivity index (χ0v) is 21.3. The third-order valence-electron chi connectivity index (χ3n) is 7.60. The number of carbonyl (C=O) groups excluding carboxylic acids is 1. The van der Waals surface area contributed by atoms with E-state index in [-0.39, 0.29) is 23.1 Å². The number of hydrogen-bond donors (Lipinski definition) is 1. The number of pyridine rings is 1. The molecule has 3 aromatic rings. The number of carbonyl (C=O) groups is 1. The number of nitrogens with zero attached hydrogens (tertiary/aromatic N) is 5. The number of nitrogens with one attached hydrogen (secondary N) is 1. The highest BCUT2D eigenvalue weighted by molar-refractivity contribution is 5.80. The summed E-state index contributed by atoms with van der Waals surface area (Å²) >= 11 is 0. The van der Waals surface area contributed by atoms with Crippen LogP contribution in [0.3, 0.4) is 0 Å². The third kappa shape index (κ3) is 4.31. The van der Waals surface area contributed by atoms with E-state index in [4.69, 9.17) is 0 Å². The first kappa shape index (κ1) is 24.2. The van der Waals surface area contributed by atoms with Crippen molar-refractivity contribution >= 4 is 34.3 Å². The highest BCUT2D eigenvalue weighted by Crippen LogP contribution is 2.32. The molecule has 9 heteroatoms. The maximum Gasteiger partial charge on any atom is 0.288 e. The molecule has 190 valence electrons. The standard InChI is InChI=1S/C27H33FN6O2/c1-17-22-15-29-26(31-24(22)34(25(36)23(17)28)21-7-5-6-8-21)30-19-9-11-20(12-10-19)32-13-14-33(18(2)35)27(3,4)16-32/h9-12,15,21H,5-8,13-14,16H2,1-4H3,(H,29,30,31). The van der Waals surface area contributed by atoms with Crippen molar-refractivity contribution in [2.45, 2.75) is 65.0 Å². The number of benzene rings is 1. The number of piperazine rings is 1. The van der Waals surface area contributed by atoms with Crippen molar-refractivity contribution in [2.24, 2.45) is 0 Å². The SMILES string of the molecule is CC(=O)N1CCN(c2ccc(Nc3ncc4c(C)c(F)c(=O)n(C5CCCC5)c4n3)cc2)CC1(C)C. The van der Waals surface area contributed by atoms with Crippen molar-refractivity contribution in [3.63, 3.8) is 0 Å². The molecule has 0 atom stereocenters. The van der Waals surface area contributed by atoms with E-state index in [2.05, 4.69) is 34.0 Å². The predicted octanol–water partition coefficient (Wildman–Crippen LogP) is 4.54. The molecule has 2 aliphatic rings. The van der Waals surface area contributed by atoms with Crippen LogP contribution in [0, 0.1) is 12.7 Å². The summed E-state index contributed by atoms with van der Waals surface area (Å²) < 4.78 is 16.2. The molecule has 1 amide bonds. The minimum atomic E-state index is -0.721. The van der Waals surface area contributed by atoms with E-state index in [0.29, 0.717) is 23.5 Å². The predicted molar refractivity (Wildman–Crippen MR) is 139 cm³/mol. The van der Waals surface area contributed by atoms with E-state index in [1.807, 2.05) is 29.2 Å². The largest absolute Gasteiger partial charge is 0.367 e. The number of halogens is 1. The molecule has 0 bridgehead atoms. The molecule has 2 aromatic heterocycles. The van der Waals surface area contributed by atoms with Gasteiger partial charge >= 0.3 is 0 Å². The Kier molecular flexibility index (Phi) is 6.18. The lowest BCUT2D eigenvalue weighted by Crippen LogP contribution is -2.60. The van der Waals surface area contributed by atoms with Gasteiger partial charge in [-0.15, -0.1) is 0 Å². The zero-order valence-electron chi connectivity index (χ0n) is 21.3. The Morgan fingerprint density at radius 3 is 2.47 bits per heavy atom. The van der Waals surface area contributed by atoms with Crippen molar-refractivity contribution in [3.05, 3.63) is 52.2 Å². The summed E-state index contributed by atoms with van der Waals surface area (Å²) in [5, 5.41) is 3.80. The van der Waals surface area contributed by atoms with E-state index < -0.39 is 11.4 Å². The van der Waals surface area contributed by atoms with Gasteiger partial charge in [-0.05, 0) is 57.9 Å². The van der Waals surface area contributed by atoms with Crippen LogP contribution in [-0.2, 0) is 4.79 Å². The number of hydrogen-bond acceptors (Lipinski definition) is 6. The van der Waals surface area contributed by atoms with Gasteiger partial charge in [-0.1, -0.05) is 12.8 Å². The van der Waals surface area contributed by atoms with Crippen LogP contribution < -0.4 is 15.8 Å². The van der Waals surface area contributed by atoms with E-state index >= 15 is 0 Å². The van der Waals surface area contributed by atoms with Gasteiger partial charge in [-0.25, -0.2) is 9.37 Å². The summed E-state index contributed by atoms with van der Waals surface area (Å²) in [5.74, 6) is -0.254. The van der Waals surface area contributed by atoms with E-state index in [1.54, 1.807) is 20.0 Å². The fourth-order valence-electron chi connectivity index (χ4n) is 5.71. The van der Waals surface area contributed by atoms with Gasteiger partial charge in [-0.2, -0.15) is 4.98 Å². The van der Waals surface area contributed by atoms with Crippen LogP contribution >= 0.6 is 0 Å². The average Bonchev–Trinajstić information content (AvgIpc) is 3.37. The highest BCUT2D eigenvalue weighted by Gasteiger charge is 2.35. The first-order chi connectivity index (χ1) is 17.2. The molecule has 5 rings (SSSR count). The molecule has 0 radical (unpaired) electrons. The van der Waals surface area contributed by atoms with Gasteiger partial charge in [0.25, 0.3) is 5.56 Å². The lowest BCUT2D eigenvalue weighted by atomic mass is 9.98. The smallest absolute Gasteiger partial charge is 0.288 e. The molecule has 8 nitrogen and oxygen atoms in total. The second-order valence-electron chi connectivity index (χ2n) is 10.6. The van der Waals surface area contributed by atoms with Crippen molar-refractivity contribution in [1.82, 2.24) is 19.4 Å². The molecule has 1 aliphatic carbocycles. The van der Waals surface area contributed by atoms with Crippen molar-refractivity contribution < 1.29 is 9.18 Å². The summed E-state index contributed by atoms with van der Waals surface area (Å²) in [6, 6.07) is 7.97. The van der Waals surface area contributed by atoms with Crippen LogP contribution in [0.5, 0.6) is 0 Å². The number of anilines is 3. The van der Waals surface area contributed by atoms with Crippen LogP contribution in [0.2, 0.25) is 0 Å². The average molecular weight is 493 g/mol. The molecule has 1 saturated heterocycles. The number of aromatic nitrogens is 3. The highest BCUT2D eigenvalue weighted by atomic mass is 19.1. The second-order valence-corrected chi connectivity index (χ2v) is 10.6. The minimum absolute atomic E-state index is 0.0372. The van der Waals surface area contributed by atoms with Crippen molar-refractivity contribution in [3.8, 4) is 0 Å². The van der Waals surface area contributed by atoms with Gasteiger partial charge in [0.05, 0.1) is 5.54 Å². The van der Waals surface area contributed by atoms with Crippen LogP contribution in [-0.4, -0.2) is 50.5 Å². The Balaban J connectivity index is 1.40. The summed E-state index contributed by atoms with van der Waals surface area (Å²) in [4.78, 5) is 38.1.